The van der Waals surface area contributed by atoms with Crippen LogP contribution in [0.3, 0.4) is 0 Å². The number of benzene rings is 2. The second-order valence-corrected chi connectivity index (χ2v) is 4.42. The van der Waals surface area contributed by atoms with E-state index in [2.05, 4.69) is 5.32 Å². The first-order chi connectivity index (χ1) is 9.56. The van der Waals surface area contributed by atoms with Crippen molar-refractivity contribution in [2.24, 2.45) is 0 Å². The van der Waals surface area contributed by atoms with Crippen molar-refractivity contribution in [1.29, 1.82) is 0 Å². The fourth-order valence-electron chi connectivity index (χ4n) is 1.73. The van der Waals surface area contributed by atoms with Gasteiger partial charge in [-0.1, -0.05) is 24.3 Å². The van der Waals surface area contributed by atoms with E-state index in [-0.39, 0.29) is 11.6 Å². The zero-order chi connectivity index (χ0) is 14.5. The largest absolute Gasteiger partial charge is 0.396 e. The van der Waals surface area contributed by atoms with Crippen LogP contribution in [0.2, 0.25) is 0 Å². The van der Waals surface area contributed by atoms with Gasteiger partial charge < -0.3 is 11.1 Å². The standard InChI is InChI=1S/C16H15FN2O/c1-11-4-2-3-5-15(11)19-16(20)9-7-12-6-8-13(17)14(18)10-12/h2-10H,18H2,1H3,(H,19,20)/b9-7+. The Morgan fingerprint density at radius 2 is 2.00 bits per heavy atom. The number of carbonyl (C=O) groups is 1. The number of hydrogen-bond acceptors (Lipinski definition) is 2. The third-order valence-electron chi connectivity index (χ3n) is 2.85. The van der Waals surface area contributed by atoms with Crippen LogP contribution in [-0.4, -0.2) is 5.91 Å². The van der Waals surface area contributed by atoms with Gasteiger partial charge in [-0.3, -0.25) is 4.79 Å². The molecule has 3 N–H and O–H groups in total. The number of hydrogen-bond donors (Lipinski definition) is 2. The molecule has 0 aliphatic rings. The molecule has 0 bridgehead atoms. The molecule has 0 spiro atoms. The minimum atomic E-state index is -0.466. The Labute approximate surface area is 116 Å². The number of para-hydroxylation sites is 1. The summed E-state index contributed by atoms with van der Waals surface area (Å²) in [6.45, 7) is 1.92. The Morgan fingerprint density at radius 1 is 1.25 bits per heavy atom. The van der Waals surface area contributed by atoms with Crippen molar-refractivity contribution in [3.05, 3.63) is 65.5 Å². The van der Waals surface area contributed by atoms with Crippen molar-refractivity contribution in [2.75, 3.05) is 11.1 Å². The quantitative estimate of drug-likeness (QED) is 0.663. The molecule has 0 saturated carbocycles. The van der Waals surface area contributed by atoms with Gasteiger partial charge in [0.2, 0.25) is 5.91 Å². The van der Waals surface area contributed by atoms with Crippen LogP contribution < -0.4 is 11.1 Å². The number of nitrogens with two attached hydrogens (primary N) is 1. The van der Waals surface area contributed by atoms with E-state index in [9.17, 15) is 9.18 Å². The molecule has 2 rings (SSSR count). The Balaban J connectivity index is 2.06. The second kappa shape index (κ2) is 6.02. The van der Waals surface area contributed by atoms with Crippen molar-refractivity contribution in [1.82, 2.24) is 0 Å². The van der Waals surface area contributed by atoms with Crippen LogP contribution in [0.4, 0.5) is 15.8 Å². The Bertz CT molecular complexity index is 665. The number of halogens is 1. The average Bonchev–Trinajstić information content (AvgIpc) is 2.43. The number of amides is 1. The fourth-order valence-corrected chi connectivity index (χ4v) is 1.73. The summed E-state index contributed by atoms with van der Waals surface area (Å²) in [6, 6.07) is 11.8. The maximum atomic E-state index is 13.0. The van der Waals surface area contributed by atoms with Gasteiger partial charge >= 0.3 is 0 Å². The normalized spacial score (nSPS) is 10.7. The lowest BCUT2D eigenvalue weighted by molar-refractivity contribution is -0.111. The highest BCUT2D eigenvalue weighted by Gasteiger charge is 2.01. The predicted octanol–water partition coefficient (Wildman–Crippen LogP) is 3.37. The minimum Gasteiger partial charge on any atom is -0.396 e. The van der Waals surface area contributed by atoms with Gasteiger partial charge in [0, 0.05) is 11.8 Å². The molecule has 0 unspecified atom stereocenters. The van der Waals surface area contributed by atoms with E-state index in [4.69, 9.17) is 5.73 Å². The second-order valence-electron chi connectivity index (χ2n) is 4.42. The third-order valence-corrected chi connectivity index (χ3v) is 2.85. The van der Waals surface area contributed by atoms with Crippen LogP contribution in [0.1, 0.15) is 11.1 Å². The molecule has 2 aromatic rings. The smallest absolute Gasteiger partial charge is 0.248 e. The van der Waals surface area contributed by atoms with Crippen molar-refractivity contribution >= 4 is 23.4 Å². The highest BCUT2D eigenvalue weighted by Crippen LogP contribution is 2.15. The van der Waals surface area contributed by atoms with Gasteiger partial charge in [0.15, 0.2) is 0 Å². The first kappa shape index (κ1) is 13.8. The molecule has 2 aromatic carbocycles. The molecule has 20 heavy (non-hydrogen) atoms. The molecule has 0 aromatic heterocycles. The van der Waals surface area contributed by atoms with Crippen molar-refractivity contribution in [3.63, 3.8) is 0 Å². The number of anilines is 2. The van der Waals surface area contributed by atoms with Gasteiger partial charge in [0.25, 0.3) is 0 Å². The van der Waals surface area contributed by atoms with E-state index >= 15 is 0 Å². The van der Waals surface area contributed by atoms with Crippen LogP contribution >= 0.6 is 0 Å². The number of nitrogen functional groups attached to an aromatic ring is 1. The molecule has 0 radical (unpaired) electrons. The summed E-state index contributed by atoms with van der Waals surface area (Å²) in [6.07, 6.45) is 2.97. The zero-order valence-electron chi connectivity index (χ0n) is 11.1. The topological polar surface area (TPSA) is 55.1 Å². The van der Waals surface area contributed by atoms with Crippen LogP contribution in [-0.2, 0) is 4.79 Å². The van der Waals surface area contributed by atoms with E-state index in [0.29, 0.717) is 5.56 Å². The van der Waals surface area contributed by atoms with Gasteiger partial charge in [-0.25, -0.2) is 4.39 Å². The summed E-state index contributed by atoms with van der Waals surface area (Å²) >= 11 is 0. The summed E-state index contributed by atoms with van der Waals surface area (Å²) in [4.78, 5) is 11.8. The van der Waals surface area contributed by atoms with E-state index in [1.807, 2.05) is 31.2 Å². The highest BCUT2D eigenvalue weighted by molar-refractivity contribution is 6.02. The lowest BCUT2D eigenvalue weighted by atomic mass is 10.1. The molecule has 3 nitrogen and oxygen atoms in total. The summed E-state index contributed by atoms with van der Waals surface area (Å²) < 4.78 is 13.0. The lowest BCUT2D eigenvalue weighted by Gasteiger charge is -2.05. The number of aryl methyl sites for hydroxylation is 1. The van der Waals surface area contributed by atoms with Gasteiger partial charge in [-0.15, -0.1) is 0 Å². The fraction of sp³-hybridized carbons (Fsp3) is 0.0625. The summed E-state index contributed by atoms with van der Waals surface area (Å²) in [7, 11) is 0. The summed E-state index contributed by atoms with van der Waals surface area (Å²) in [5, 5.41) is 2.78. The van der Waals surface area contributed by atoms with Crippen molar-refractivity contribution < 1.29 is 9.18 Å². The molecule has 4 heteroatoms. The van der Waals surface area contributed by atoms with E-state index in [1.165, 1.54) is 18.2 Å². The first-order valence-electron chi connectivity index (χ1n) is 6.16. The van der Waals surface area contributed by atoms with Gasteiger partial charge in [-0.05, 0) is 42.3 Å². The van der Waals surface area contributed by atoms with Crippen LogP contribution in [0.5, 0.6) is 0 Å². The van der Waals surface area contributed by atoms with E-state index < -0.39 is 5.82 Å². The van der Waals surface area contributed by atoms with Crippen molar-refractivity contribution in [3.8, 4) is 0 Å². The molecule has 0 aliphatic carbocycles. The van der Waals surface area contributed by atoms with E-state index in [0.717, 1.165) is 11.3 Å². The molecule has 0 saturated heterocycles. The Kier molecular flexibility index (Phi) is 4.15. The van der Waals surface area contributed by atoms with Gasteiger partial charge in [-0.2, -0.15) is 0 Å². The first-order valence-corrected chi connectivity index (χ1v) is 6.16. The molecule has 102 valence electrons. The molecule has 0 heterocycles. The number of rotatable bonds is 3. The van der Waals surface area contributed by atoms with Gasteiger partial charge in [0.05, 0.1) is 5.69 Å². The number of nitrogens with one attached hydrogen (secondary N) is 1. The molecule has 0 aliphatic heterocycles. The maximum absolute atomic E-state index is 13.0. The van der Waals surface area contributed by atoms with E-state index in [1.54, 1.807) is 12.1 Å². The summed E-state index contributed by atoms with van der Waals surface area (Å²) in [5.41, 5.74) is 7.94. The lowest BCUT2D eigenvalue weighted by Crippen LogP contribution is -2.08. The molecular formula is C16H15FN2O. The molecule has 0 fully saturated rings. The van der Waals surface area contributed by atoms with Gasteiger partial charge in [0.1, 0.15) is 5.82 Å². The summed E-state index contributed by atoms with van der Waals surface area (Å²) in [5.74, 6) is -0.714. The van der Waals surface area contributed by atoms with Crippen LogP contribution in [0, 0.1) is 12.7 Å². The Morgan fingerprint density at radius 3 is 2.70 bits per heavy atom. The highest BCUT2D eigenvalue weighted by atomic mass is 19.1. The minimum absolute atomic E-state index is 0.0615. The average molecular weight is 270 g/mol. The third kappa shape index (κ3) is 3.45. The van der Waals surface area contributed by atoms with Crippen LogP contribution in [0.15, 0.2) is 48.5 Å². The molecule has 0 atom stereocenters. The zero-order valence-corrected chi connectivity index (χ0v) is 11.1. The Hall–Kier alpha value is -2.62. The monoisotopic (exact) mass is 270 g/mol. The number of carbonyl (C=O) groups excluding carboxylic acids is 1. The van der Waals surface area contributed by atoms with Crippen molar-refractivity contribution in [2.45, 2.75) is 6.92 Å². The molecular weight excluding hydrogens is 255 g/mol. The van der Waals surface area contributed by atoms with Crippen LogP contribution in [0.25, 0.3) is 6.08 Å². The molecule has 1 amide bonds. The predicted molar refractivity (Wildman–Crippen MR) is 79.7 cm³/mol. The SMILES string of the molecule is Cc1ccccc1NC(=O)/C=C/c1ccc(F)c(N)c1. The maximum Gasteiger partial charge on any atom is 0.248 e.